The number of nitrogens with zero attached hydrogens (tertiary/aromatic N) is 2. The lowest BCUT2D eigenvalue weighted by molar-refractivity contribution is -0.137. The highest BCUT2D eigenvalue weighted by atomic mass is 16.4. The summed E-state index contributed by atoms with van der Waals surface area (Å²) in [6.45, 7) is 0. The smallest absolute Gasteiger partial charge is 0.326 e. The maximum absolute atomic E-state index is 11.9. The summed E-state index contributed by atoms with van der Waals surface area (Å²) in [6.07, 6.45) is 1.89. The molecule has 8 heteroatoms. The van der Waals surface area contributed by atoms with Crippen molar-refractivity contribution in [3.8, 4) is 0 Å². The van der Waals surface area contributed by atoms with Crippen molar-refractivity contribution in [2.45, 2.75) is 12.5 Å². The highest BCUT2D eigenvalue weighted by molar-refractivity contribution is 5.93. The van der Waals surface area contributed by atoms with Gasteiger partial charge in [-0.2, -0.15) is 0 Å². The lowest BCUT2D eigenvalue weighted by atomic mass is 10.0. The Bertz CT molecular complexity index is 1350. The fourth-order valence-electron chi connectivity index (χ4n) is 3.63. The molecule has 3 N–H and O–H groups in total. The van der Waals surface area contributed by atoms with Crippen molar-refractivity contribution >= 4 is 39.6 Å². The Morgan fingerprint density at radius 2 is 1.75 bits per heavy atom. The van der Waals surface area contributed by atoms with Gasteiger partial charge in [-0.25, -0.2) is 9.78 Å². The van der Waals surface area contributed by atoms with Crippen LogP contribution in [0.2, 0.25) is 0 Å². The number of nitrogens with one attached hydrogen (secondary N) is 2. The fraction of sp³-hybridized carbons (Fsp3) is 0.167. The zero-order valence-corrected chi connectivity index (χ0v) is 17.6. The van der Waals surface area contributed by atoms with Gasteiger partial charge in [-0.15, -0.1) is 0 Å². The number of pyridine rings is 1. The topological polar surface area (TPSA) is 112 Å². The van der Waals surface area contributed by atoms with Crippen molar-refractivity contribution < 1.29 is 9.90 Å². The minimum absolute atomic E-state index is 0.0488. The average Bonchev–Trinajstić information content (AvgIpc) is 2.78. The van der Waals surface area contributed by atoms with E-state index in [-0.39, 0.29) is 17.8 Å². The van der Waals surface area contributed by atoms with Gasteiger partial charge in [0.2, 0.25) is 0 Å². The van der Waals surface area contributed by atoms with Gasteiger partial charge < -0.3 is 20.6 Å². The van der Waals surface area contributed by atoms with Crippen molar-refractivity contribution in [2.24, 2.45) is 0 Å². The molecule has 4 rings (SSSR count). The summed E-state index contributed by atoms with van der Waals surface area (Å²) >= 11 is 0. The molecule has 0 amide bonds. The lowest BCUT2D eigenvalue weighted by Crippen LogP contribution is -2.44. The number of rotatable bonds is 8. The van der Waals surface area contributed by atoms with E-state index in [2.05, 4.69) is 15.6 Å². The molecule has 4 aromatic rings. The van der Waals surface area contributed by atoms with Crippen LogP contribution in [0.1, 0.15) is 5.56 Å². The van der Waals surface area contributed by atoms with Gasteiger partial charge in [0.05, 0.1) is 0 Å². The second-order valence-electron chi connectivity index (χ2n) is 7.72. The normalized spacial score (nSPS) is 11.9. The van der Waals surface area contributed by atoms with Crippen LogP contribution in [-0.4, -0.2) is 36.2 Å². The van der Waals surface area contributed by atoms with E-state index in [1.54, 1.807) is 20.3 Å². The average molecular weight is 430 g/mol. The molecule has 32 heavy (non-hydrogen) atoms. The zero-order valence-electron chi connectivity index (χ0n) is 17.6. The Morgan fingerprint density at radius 1 is 1.03 bits per heavy atom. The van der Waals surface area contributed by atoms with Gasteiger partial charge in [0, 0.05) is 37.8 Å². The minimum atomic E-state index is -1.11. The van der Waals surface area contributed by atoms with Crippen molar-refractivity contribution in [1.29, 1.82) is 0 Å². The largest absolute Gasteiger partial charge is 0.480 e. The van der Waals surface area contributed by atoms with Crippen LogP contribution in [-0.2, 0) is 11.2 Å². The van der Waals surface area contributed by atoms with Crippen LogP contribution in [0.4, 0.5) is 22.9 Å². The standard InChI is InChI=1S/C24H22N4O4/c1-28(2)20-19(21(29)22(20)30)27-18(24(31)32)13-14-7-9-16(10-8-14)26-23-17-6-4-3-5-15(17)11-12-25-23/h3-12,18,27H,13H2,1-2H3,(H,25,26)(H,31,32). The highest BCUT2D eigenvalue weighted by Crippen LogP contribution is 2.25. The molecule has 162 valence electrons. The summed E-state index contributed by atoms with van der Waals surface area (Å²) in [4.78, 5) is 41.3. The van der Waals surface area contributed by atoms with E-state index in [4.69, 9.17) is 0 Å². The molecule has 0 saturated carbocycles. The quantitative estimate of drug-likeness (QED) is 0.366. The van der Waals surface area contributed by atoms with Gasteiger partial charge in [0.25, 0.3) is 10.9 Å². The van der Waals surface area contributed by atoms with E-state index in [0.717, 1.165) is 27.8 Å². The molecule has 0 bridgehead atoms. The molecule has 0 aliphatic heterocycles. The van der Waals surface area contributed by atoms with E-state index in [0.29, 0.717) is 0 Å². The molecule has 0 fully saturated rings. The fourth-order valence-corrected chi connectivity index (χ4v) is 3.63. The third kappa shape index (κ3) is 4.02. The molecule has 3 aromatic carbocycles. The molecular formula is C24H22N4O4. The predicted octanol–water partition coefficient (Wildman–Crippen LogP) is 2.75. The van der Waals surface area contributed by atoms with Crippen LogP contribution in [0.3, 0.4) is 0 Å². The number of carboxylic acid groups (broad SMARTS) is 1. The molecule has 0 saturated heterocycles. The molecule has 1 atom stereocenters. The first-order valence-corrected chi connectivity index (χ1v) is 10.0. The number of carbonyl (C=O) groups is 1. The highest BCUT2D eigenvalue weighted by Gasteiger charge is 2.27. The summed E-state index contributed by atoms with van der Waals surface area (Å²) in [5.74, 6) is -0.373. The van der Waals surface area contributed by atoms with Gasteiger partial charge in [0.1, 0.15) is 23.2 Å². The number of hydrogen-bond donors (Lipinski definition) is 3. The second-order valence-corrected chi connectivity index (χ2v) is 7.72. The summed E-state index contributed by atoms with van der Waals surface area (Å²) in [5, 5.41) is 17.7. The number of aliphatic carboxylic acids is 1. The van der Waals surface area contributed by atoms with Crippen LogP contribution >= 0.6 is 0 Å². The number of aromatic nitrogens is 1. The van der Waals surface area contributed by atoms with E-state index in [1.807, 2.05) is 54.6 Å². The van der Waals surface area contributed by atoms with Crippen molar-refractivity contribution in [3.63, 3.8) is 0 Å². The number of anilines is 4. The third-order valence-corrected chi connectivity index (χ3v) is 5.28. The SMILES string of the molecule is CN(C)c1c(NC(Cc2ccc(Nc3nccc4ccccc34)cc2)C(=O)O)c(=O)c1=O. The Labute approximate surface area is 183 Å². The molecule has 0 spiro atoms. The number of hydrogen-bond acceptors (Lipinski definition) is 7. The van der Waals surface area contributed by atoms with Crippen LogP contribution < -0.4 is 26.4 Å². The number of benzene rings is 2. The molecule has 8 nitrogen and oxygen atoms in total. The molecule has 0 aliphatic rings. The summed E-state index contributed by atoms with van der Waals surface area (Å²) in [7, 11) is 3.27. The zero-order chi connectivity index (χ0) is 22.8. The molecular weight excluding hydrogens is 408 g/mol. The molecule has 0 radical (unpaired) electrons. The van der Waals surface area contributed by atoms with Crippen molar-refractivity contribution in [1.82, 2.24) is 4.98 Å². The van der Waals surface area contributed by atoms with Crippen LogP contribution in [0.15, 0.2) is 70.4 Å². The molecule has 1 aromatic heterocycles. The van der Waals surface area contributed by atoms with Gasteiger partial charge >= 0.3 is 5.97 Å². The Kier molecular flexibility index (Phi) is 5.59. The van der Waals surface area contributed by atoms with E-state index >= 15 is 0 Å². The lowest BCUT2D eigenvalue weighted by Gasteiger charge is -2.22. The molecule has 1 unspecified atom stereocenters. The summed E-state index contributed by atoms with van der Waals surface area (Å²) in [5.41, 5.74) is 0.526. The monoisotopic (exact) mass is 430 g/mol. The van der Waals surface area contributed by atoms with Gasteiger partial charge in [-0.05, 0) is 29.1 Å². The van der Waals surface area contributed by atoms with Crippen LogP contribution in [0.5, 0.6) is 0 Å². The minimum Gasteiger partial charge on any atom is -0.480 e. The summed E-state index contributed by atoms with van der Waals surface area (Å²) < 4.78 is 0. The first-order valence-electron chi connectivity index (χ1n) is 10.0. The van der Waals surface area contributed by atoms with Crippen LogP contribution in [0, 0.1) is 0 Å². The molecule has 0 aliphatic carbocycles. The first kappa shape index (κ1) is 21.0. The van der Waals surface area contributed by atoms with Crippen molar-refractivity contribution in [3.05, 3.63) is 86.8 Å². The predicted molar refractivity (Wildman–Crippen MR) is 126 cm³/mol. The number of fused-ring (bicyclic) bond motifs is 1. The van der Waals surface area contributed by atoms with E-state index < -0.39 is 22.9 Å². The summed E-state index contributed by atoms with van der Waals surface area (Å²) in [6, 6.07) is 16.2. The maximum atomic E-state index is 11.9. The third-order valence-electron chi connectivity index (χ3n) is 5.28. The Balaban J connectivity index is 1.50. The van der Waals surface area contributed by atoms with E-state index in [1.165, 1.54) is 4.90 Å². The second kappa shape index (κ2) is 8.50. The van der Waals surface area contributed by atoms with Gasteiger partial charge in [-0.3, -0.25) is 9.59 Å². The van der Waals surface area contributed by atoms with Crippen LogP contribution in [0.25, 0.3) is 10.8 Å². The maximum Gasteiger partial charge on any atom is 0.326 e. The van der Waals surface area contributed by atoms with Gasteiger partial charge in [0.15, 0.2) is 0 Å². The Morgan fingerprint density at radius 3 is 2.44 bits per heavy atom. The van der Waals surface area contributed by atoms with Crippen molar-refractivity contribution in [2.75, 3.05) is 29.6 Å². The number of carboxylic acids is 1. The van der Waals surface area contributed by atoms with Gasteiger partial charge in [-0.1, -0.05) is 36.4 Å². The van der Waals surface area contributed by atoms with E-state index in [9.17, 15) is 19.5 Å². The molecule has 1 heterocycles. The first-order chi connectivity index (χ1) is 15.3. The Hall–Kier alpha value is -4.20.